The topological polar surface area (TPSA) is 71.8 Å². The highest BCUT2D eigenvalue weighted by molar-refractivity contribution is 5.74. The molecule has 2 amide bonds. The SMILES string of the molecule is O=C(NCc1ccc(-n2ccnc2)nc1)NC1CC1. The van der Waals surface area contributed by atoms with Crippen molar-refractivity contribution in [3.63, 3.8) is 0 Å². The molecule has 2 aromatic heterocycles. The molecule has 1 fully saturated rings. The number of pyridine rings is 1. The van der Waals surface area contributed by atoms with Gasteiger partial charge in [0.15, 0.2) is 0 Å². The number of aromatic nitrogens is 3. The molecule has 2 heterocycles. The van der Waals surface area contributed by atoms with Gasteiger partial charge in [0.25, 0.3) is 0 Å². The Morgan fingerprint density at radius 1 is 1.42 bits per heavy atom. The van der Waals surface area contributed by atoms with Crippen LogP contribution in [0.2, 0.25) is 0 Å². The maximum atomic E-state index is 11.5. The molecule has 0 unspecified atom stereocenters. The Bertz CT molecular complexity index is 545. The number of hydrogen-bond donors (Lipinski definition) is 2. The number of urea groups is 1. The Morgan fingerprint density at radius 2 is 2.32 bits per heavy atom. The molecule has 1 aliphatic carbocycles. The Morgan fingerprint density at radius 3 is 2.95 bits per heavy atom. The zero-order valence-electron chi connectivity index (χ0n) is 10.4. The van der Waals surface area contributed by atoms with Gasteiger partial charge in [-0.05, 0) is 24.5 Å². The third-order valence-corrected chi connectivity index (χ3v) is 2.94. The molecule has 6 nitrogen and oxygen atoms in total. The van der Waals surface area contributed by atoms with E-state index in [2.05, 4.69) is 20.6 Å². The van der Waals surface area contributed by atoms with Crippen LogP contribution in [0.1, 0.15) is 18.4 Å². The standard InChI is InChI=1S/C13H15N5O/c19-13(17-11-2-3-11)16-8-10-1-4-12(15-7-10)18-6-5-14-9-18/h1,4-7,9,11H,2-3,8H2,(H2,16,17,19). The molecule has 3 rings (SSSR count). The van der Waals surface area contributed by atoms with Crippen molar-refractivity contribution in [2.24, 2.45) is 0 Å². The van der Waals surface area contributed by atoms with Crippen molar-refractivity contribution in [2.75, 3.05) is 0 Å². The van der Waals surface area contributed by atoms with Gasteiger partial charge in [0.1, 0.15) is 12.1 Å². The molecule has 19 heavy (non-hydrogen) atoms. The molecule has 1 aliphatic rings. The van der Waals surface area contributed by atoms with Crippen molar-refractivity contribution in [1.29, 1.82) is 0 Å². The van der Waals surface area contributed by atoms with Crippen LogP contribution in [0.3, 0.4) is 0 Å². The second-order valence-corrected chi connectivity index (χ2v) is 4.60. The summed E-state index contributed by atoms with van der Waals surface area (Å²) >= 11 is 0. The second kappa shape index (κ2) is 5.09. The highest BCUT2D eigenvalue weighted by Crippen LogP contribution is 2.18. The number of nitrogens with zero attached hydrogens (tertiary/aromatic N) is 3. The highest BCUT2D eigenvalue weighted by atomic mass is 16.2. The number of amides is 2. The van der Waals surface area contributed by atoms with Gasteiger partial charge in [0, 0.05) is 31.2 Å². The number of hydrogen-bond acceptors (Lipinski definition) is 3. The third kappa shape index (κ3) is 3.09. The summed E-state index contributed by atoms with van der Waals surface area (Å²) in [5, 5.41) is 5.69. The lowest BCUT2D eigenvalue weighted by Crippen LogP contribution is -2.36. The van der Waals surface area contributed by atoms with Crippen LogP contribution in [0, 0.1) is 0 Å². The first-order valence-electron chi connectivity index (χ1n) is 6.29. The number of carbonyl (C=O) groups is 1. The van der Waals surface area contributed by atoms with Gasteiger partial charge < -0.3 is 10.6 Å². The number of rotatable bonds is 4. The van der Waals surface area contributed by atoms with E-state index in [-0.39, 0.29) is 6.03 Å². The molecule has 0 aromatic carbocycles. The van der Waals surface area contributed by atoms with Gasteiger partial charge in [-0.1, -0.05) is 6.07 Å². The Kier molecular flexibility index (Phi) is 3.14. The molecule has 2 N–H and O–H groups in total. The van der Waals surface area contributed by atoms with Crippen LogP contribution < -0.4 is 10.6 Å². The molecule has 0 spiro atoms. The van der Waals surface area contributed by atoms with Crippen molar-refractivity contribution in [3.05, 3.63) is 42.6 Å². The van der Waals surface area contributed by atoms with Crippen LogP contribution in [-0.4, -0.2) is 26.6 Å². The van der Waals surface area contributed by atoms with Gasteiger partial charge in [-0.3, -0.25) is 4.57 Å². The summed E-state index contributed by atoms with van der Waals surface area (Å²) in [5.41, 5.74) is 0.967. The Hall–Kier alpha value is -2.37. The van der Waals surface area contributed by atoms with Crippen LogP contribution >= 0.6 is 0 Å². The molecular weight excluding hydrogens is 242 g/mol. The maximum absolute atomic E-state index is 11.5. The Balaban J connectivity index is 1.55. The lowest BCUT2D eigenvalue weighted by Gasteiger charge is -2.07. The van der Waals surface area contributed by atoms with Crippen molar-refractivity contribution < 1.29 is 4.79 Å². The summed E-state index contributed by atoms with van der Waals surface area (Å²) in [4.78, 5) is 19.8. The van der Waals surface area contributed by atoms with Crippen molar-refractivity contribution in [1.82, 2.24) is 25.2 Å². The monoisotopic (exact) mass is 257 g/mol. The molecule has 1 saturated carbocycles. The first-order chi connectivity index (χ1) is 9.31. The van der Waals surface area contributed by atoms with E-state index in [0.29, 0.717) is 12.6 Å². The number of carbonyl (C=O) groups excluding carboxylic acids is 1. The first-order valence-corrected chi connectivity index (χ1v) is 6.29. The minimum Gasteiger partial charge on any atom is -0.335 e. The number of nitrogens with one attached hydrogen (secondary N) is 2. The smallest absolute Gasteiger partial charge is 0.315 e. The molecule has 6 heteroatoms. The summed E-state index contributed by atoms with van der Waals surface area (Å²) in [6.45, 7) is 0.482. The van der Waals surface area contributed by atoms with Crippen LogP contribution in [0.4, 0.5) is 4.79 Å². The molecule has 0 bridgehead atoms. The third-order valence-electron chi connectivity index (χ3n) is 2.94. The zero-order chi connectivity index (χ0) is 13.1. The van der Waals surface area contributed by atoms with E-state index in [4.69, 9.17) is 0 Å². The van der Waals surface area contributed by atoms with E-state index in [1.165, 1.54) is 0 Å². The zero-order valence-corrected chi connectivity index (χ0v) is 10.4. The second-order valence-electron chi connectivity index (χ2n) is 4.60. The van der Waals surface area contributed by atoms with Crippen molar-refractivity contribution in [2.45, 2.75) is 25.4 Å². The lowest BCUT2D eigenvalue weighted by atomic mass is 10.3. The normalized spacial score (nSPS) is 14.1. The van der Waals surface area contributed by atoms with Crippen molar-refractivity contribution >= 4 is 6.03 Å². The summed E-state index contributed by atoms with van der Waals surface area (Å²) < 4.78 is 1.83. The maximum Gasteiger partial charge on any atom is 0.315 e. The largest absolute Gasteiger partial charge is 0.335 e. The van der Waals surface area contributed by atoms with Gasteiger partial charge in [-0.15, -0.1) is 0 Å². The van der Waals surface area contributed by atoms with E-state index in [1.54, 1.807) is 18.7 Å². The van der Waals surface area contributed by atoms with Gasteiger partial charge in [0.2, 0.25) is 0 Å². The van der Waals surface area contributed by atoms with E-state index in [1.807, 2.05) is 22.9 Å². The van der Waals surface area contributed by atoms with Crippen molar-refractivity contribution in [3.8, 4) is 5.82 Å². The van der Waals surface area contributed by atoms with Crippen LogP contribution in [0.5, 0.6) is 0 Å². The summed E-state index contributed by atoms with van der Waals surface area (Å²) in [6, 6.07) is 4.11. The van der Waals surface area contributed by atoms with Crippen LogP contribution in [0.25, 0.3) is 5.82 Å². The van der Waals surface area contributed by atoms with Gasteiger partial charge in [-0.25, -0.2) is 14.8 Å². The first kappa shape index (κ1) is 11.7. The summed E-state index contributed by atoms with van der Waals surface area (Å²) in [7, 11) is 0. The summed E-state index contributed by atoms with van der Waals surface area (Å²) in [5.74, 6) is 0.809. The van der Waals surface area contributed by atoms with Gasteiger partial charge in [0.05, 0.1) is 0 Å². The molecule has 0 aliphatic heterocycles. The van der Waals surface area contributed by atoms with E-state index in [0.717, 1.165) is 24.2 Å². The molecule has 0 saturated heterocycles. The molecule has 98 valence electrons. The summed E-state index contributed by atoms with van der Waals surface area (Å²) in [6.07, 6.45) is 9.18. The fraction of sp³-hybridized carbons (Fsp3) is 0.308. The predicted molar refractivity (Wildman–Crippen MR) is 69.8 cm³/mol. The minimum atomic E-state index is -0.110. The average molecular weight is 257 g/mol. The molecule has 2 aromatic rings. The lowest BCUT2D eigenvalue weighted by molar-refractivity contribution is 0.240. The fourth-order valence-electron chi connectivity index (χ4n) is 1.72. The minimum absolute atomic E-state index is 0.110. The molecule has 0 radical (unpaired) electrons. The van der Waals surface area contributed by atoms with Crippen LogP contribution in [-0.2, 0) is 6.54 Å². The Labute approximate surface area is 110 Å². The molecule has 0 atom stereocenters. The van der Waals surface area contributed by atoms with E-state index in [9.17, 15) is 4.79 Å². The highest BCUT2D eigenvalue weighted by Gasteiger charge is 2.22. The number of imidazole rings is 1. The van der Waals surface area contributed by atoms with Gasteiger partial charge >= 0.3 is 6.03 Å². The van der Waals surface area contributed by atoms with E-state index < -0.39 is 0 Å². The predicted octanol–water partition coefficient (Wildman–Crippen LogP) is 1.23. The molecular formula is C13H15N5O. The van der Waals surface area contributed by atoms with Gasteiger partial charge in [-0.2, -0.15) is 0 Å². The quantitative estimate of drug-likeness (QED) is 0.865. The van der Waals surface area contributed by atoms with Crippen LogP contribution in [0.15, 0.2) is 37.1 Å². The fourth-order valence-corrected chi connectivity index (χ4v) is 1.72. The average Bonchev–Trinajstić information content (AvgIpc) is 3.07. The van der Waals surface area contributed by atoms with E-state index >= 15 is 0 Å².